The van der Waals surface area contributed by atoms with Crippen LogP contribution in [0.3, 0.4) is 0 Å². The maximum atomic E-state index is 13.5. The zero-order chi connectivity index (χ0) is 10.8. The molecule has 0 N–H and O–H groups in total. The Morgan fingerprint density at radius 2 is 2.00 bits per heavy atom. The summed E-state index contributed by atoms with van der Waals surface area (Å²) in [5.41, 5.74) is 0.829. The molecule has 2 aromatic rings. The van der Waals surface area contributed by atoms with Gasteiger partial charge < -0.3 is 0 Å². The largest absolute Gasteiger partial charge is 0.240 e. The molecule has 0 amide bonds. The Morgan fingerprint density at radius 3 is 2.73 bits per heavy atom. The molecule has 0 bridgehead atoms. The summed E-state index contributed by atoms with van der Waals surface area (Å²) in [6, 6.07) is 6.39. The first-order valence-corrected chi connectivity index (χ1v) is 4.80. The average Bonchev–Trinajstić information content (AvgIpc) is 2.23. The van der Waals surface area contributed by atoms with E-state index in [1.165, 1.54) is 12.3 Å². The summed E-state index contributed by atoms with van der Waals surface area (Å²) in [6.45, 7) is 1.74. The van der Waals surface area contributed by atoms with Gasteiger partial charge in [0.25, 0.3) is 0 Å². The topological polar surface area (TPSA) is 25.8 Å². The Morgan fingerprint density at radius 1 is 1.27 bits per heavy atom. The van der Waals surface area contributed by atoms with Gasteiger partial charge in [-0.15, -0.1) is 0 Å². The third-order valence-electron chi connectivity index (χ3n) is 1.99. The molecule has 0 fully saturated rings. The van der Waals surface area contributed by atoms with Crippen molar-refractivity contribution in [3.8, 4) is 11.3 Å². The molecule has 0 spiro atoms. The van der Waals surface area contributed by atoms with E-state index in [1.54, 1.807) is 25.1 Å². The van der Waals surface area contributed by atoms with Crippen molar-refractivity contribution in [2.45, 2.75) is 6.92 Å². The first-order valence-electron chi connectivity index (χ1n) is 4.42. The van der Waals surface area contributed by atoms with Gasteiger partial charge in [-0.2, -0.15) is 0 Å². The van der Waals surface area contributed by atoms with Crippen molar-refractivity contribution in [3.05, 3.63) is 47.1 Å². The van der Waals surface area contributed by atoms with Crippen LogP contribution in [-0.2, 0) is 0 Å². The Bertz CT molecular complexity index is 500. The number of rotatable bonds is 1. The van der Waals surface area contributed by atoms with Crippen LogP contribution >= 0.6 is 11.6 Å². The molecule has 4 heteroatoms. The van der Waals surface area contributed by atoms with E-state index in [0.717, 1.165) is 0 Å². The lowest BCUT2D eigenvalue weighted by molar-refractivity contribution is 0.630. The summed E-state index contributed by atoms with van der Waals surface area (Å²) in [7, 11) is 0. The second kappa shape index (κ2) is 3.95. The Balaban J connectivity index is 2.64. The van der Waals surface area contributed by atoms with Crippen molar-refractivity contribution >= 4 is 11.6 Å². The minimum absolute atomic E-state index is 0.336. The summed E-state index contributed by atoms with van der Waals surface area (Å²) in [6.07, 6.45) is 1.48. The molecule has 2 rings (SSSR count). The molecule has 76 valence electrons. The van der Waals surface area contributed by atoms with Gasteiger partial charge in [-0.25, -0.2) is 14.4 Å². The number of aryl methyl sites for hydroxylation is 1. The number of hydrogen-bond donors (Lipinski definition) is 0. The fraction of sp³-hybridized carbons (Fsp3) is 0.0909. The van der Waals surface area contributed by atoms with Crippen LogP contribution in [0.1, 0.15) is 5.82 Å². The molecule has 0 radical (unpaired) electrons. The van der Waals surface area contributed by atoms with Gasteiger partial charge in [-0.1, -0.05) is 23.7 Å². The second-order valence-corrected chi connectivity index (χ2v) is 3.50. The minimum atomic E-state index is -0.336. The molecule has 0 atom stereocenters. The van der Waals surface area contributed by atoms with Crippen molar-refractivity contribution in [1.82, 2.24) is 9.97 Å². The molecular formula is C11H8ClFN2. The van der Waals surface area contributed by atoms with Gasteiger partial charge >= 0.3 is 0 Å². The molecule has 15 heavy (non-hydrogen) atoms. The van der Waals surface area contributed by atoms with Crippen LogP contribution in [0.5, 0.6) is 0 Å². The highest BCUT2D eigenvalue weighted by Crippen LogP contribution is 2.26. The summed E-state index contributed by atoms with van der Waals surface area (Å²) in [5.74, 6) is 0.232. The van der Waals surface area contributed by atoms with Gasteiger partial charge in [0.1, 0.15) is 11.6 Å². The van der Waals surface area contributed by atoms with Gasteiger partial charge in [0.05, 0.1) is 10.7 Å². The lowest BCUT2D eigenvalue weighted by Gasteiger charge is -2.04. The standard InChI is InChI=1S/C11H8ClFN2/c1-7-14-6-9(12)11(15-7)8-4-2-3-5-10(8)13/h2-6H,1H3. The Kier molecular flexibility index (Phi) is 2.64. The highest BCUT2D eigenvalue weighted by atomic mass is 35.5. The zero-order valence-electron chi connectivity index (χ0n) is 8.04. The predicted molar refractivity (Wildman–Crippen MR) is 57.2 cm³/mol. The third-order valence-corrected chi connectivity index (χ3v) is 2.27. The van der Waals surface area contributed by atoms with Crippen LogP contribution in [0.25, 0.3) is 11.3 Å². The maximum Gasteiger partial charge on any atom is 0.132 e. The molecule has 2 nitrogen and oxygen atoms in total. The molecule has 1 heterocycles. The van der Waals surface area contributed by atoms with Crippen LogP contribution in [0, 0.1) is 12.7 Å². The van der Waals surface area contributed by atoms with Crippen LogP contribution in [0.2, 0.25) is 5.02 Å². The monoisotopic (exact) mass is 222 g/mol. The molecular weight excluding hydrogens is 215 g/mol. The summed E-state index contributed by atoms with van der Waals surface area (Å²) in [4.78, 5) is 8.05. The number of nitrogens with zero attached hydrogens (tertiary/aromatic N) is 2. The smallest absolute Gasteiger partial charge is 0.132 e. The Hall–Kier alpha value is -1.48. The normalized spacial score (nSPS) is 10.3. The molecule has 1 aromatic heterocycles. The predicted octanol–water partition coefficient (Wildman–Crippen LogP) is 3.24. The van der Waals surface area contributed by atoms with Crippen molar-refractivity contribution in [3.63, 3.8) is 0 Å². The number of benzene rings is 1. The van der Waals surface area contributed by atoms with E-state index in [2.05, 4.69) is 9.97 Å². The van der Waals surface area contributed by atoms with E-state index in [4.69, 9.17) is 11.6 Å². The van der Waals surface area contributed by atoms with Crippen LogP contribution in [0.4, 0.5) is 4.39 Å². The number of halogens is 2. The zero-order valence-corrected chi connectivity index (χ0v) is 8.79. The number of aromatic nitrogens is 2. The summed E-state index contributed by atoms with van der Waals surface area (Å²) >= 11 is 5.91. The molecule has 0 aliphatic rings. The van der Waals surface area contributed by atoms with E-state index in [1.807, 2.05) is 0 Å². The second-order valence-electron chi connectivity index (χ2n) is 3.09. The van der Waals surface area contributed by atoms with Crippen molar-refractivity contribution in [2.24, 2.45) is 0 Å². The molecule has 1 aromatic carbocycles. The van der Waals surface area contributed by atoms with Gasteiger partial charge in [-0.3, -0.25) is 0 Å². The van der Waals surface area contributed by atoms with E-state index in [-0.39, 0.29) is 5.82 Å². The van der Waals surface area contributed by atoms with Crippen molar-refractivity contribution < 1.29 is 4.39 Å². The van der Waals surface area contributed by atoms with E-state index in [9.17, 15) is 4.39 Å². The van der Waals surface area contributed by atoms with Crippen molar-refractivity contribution in [2.75, 3.05) is 0 Å². The van der Waals surface area contributed by atoms with Crippen LogP contribution in [-0.4, -0.2) is 9.97 Å². The quantitative estimate of drug-likeness (QED) is 0.740. The number of hydrogen-bond acceptors (Lipinski definition) is 2. The molecule has 0 aliphatic heterocycles. The SMILES string of the molecule is Cc1ncc(Cl)c(-c2ccccc2F)n1. The fourth-order valence-electron chi connectivity index (χ4n) is 1.30. The lowest BCUT2D eigenvalue weighted by Crippen LogP contribution is -1.93. The van der Waals surface area contributed by atoms with Crippen molar-refractivity contribution in [1.29, 1.82) is 0 Å². The van der Waals surface area contributed by atoms with Gasteiger partial charge in [-0.05, 0) is 19.1 Å². The fourth-order valence-corrected chi connectivity index (χ4v) is 1.49. The van der Waals surface area contributed by atoms with E-state index < -0.39 is 0 Å². The maximum absolute atomic E-state index is 13.5. The van der Waals surface area contributed by atoms with E-state index >= 15 is 0 Å². The Labute approximate surface area is 91.8 Å². The third kappa shape index (κ3) is 1.97. The molecule has 0 saturated heterocycles. The van der Waals surface area contributed by atoms with Crippen LogP contribution < -0.4 is 0 Å². The molecule has 0 saturated carbocycles. The first kappa shape index (κ1) is 10.1. The molecule has 0 unspecified atom stereocenters. The lowest BCUT2D eigenvalue weighted by atomic mass is 10.1. The van der Waals surface area contributed by atoms with Gasteiger partial charge in [0.2, 0.25) is 0 Å². The summed E-state index contributed by atoms with van der Waals surface area (Å²) in [5, 5.41) is 0.353. The average molecular weight is 223 g/mol. The van der Waals surface area contributed by atoms with Gasteiger partial charge in [0, 0.05) is 11.8 Å². The highest BCUT2D eigenvalue weighted by molar-refractivity contribution is 6.32. The molecule has 0 aliphatic carbocycles. The first-order chi connectivity index (χ1) is 7.18. The van der Waals surface area contributed by atoms with Gasteiger partial charge in [0.15, 0.2) is 0 Å². The van der Waals surface area contributed by atoms with E-state index in [0.29, 0.717) is 22.1 Å². The minimum Gasteiger partial charge on any atom is -0.240 e. The highest BCUT2D eigenvalue weighted by Gasteiger charge is 2.10. The summed E-state index contributed by atoms with van der Waals surface area (Å²) < 4.78 is 13.5. The van der Waals surface area contributed by atoms with Crippen LogP contribution in [0.15, 0.2) is 30.5 Å².